The summed E-state index contributed by atoms with van der Waals surface area (Å²) in [7, 11) is 1.60. The average molecular weight is 296 g/mol. The molecule has 0 N–H and O–H groups in total. The second kappa shape index (κ2) is 4.80. The van der Waals surface area contributed by atoms with Crippen LogP contribution >= 0.6 is 0 Å². The highest BCUT2D eigenvalue weighted by Gasteiger charge is 2.21. The van der Waals surface area contributed by atoms with Crippen molar-refractivity contribution in [3.05, 3.63) is 52.9 Å². The van der Waals surface area contributed by atoms with Crippen LogP contribution in [0.1, 0.15) is 0 Å². The maximum absolute atomic E-state index is 12.7. The molecule has 0 bridgehead atoms. The predicted molar refractivity (Wildman–Crippen MR) is 80.6 cm³/mol. The summed E-state index contributed by atoms with van der Waals surface area (Å²) in [6, 6.07) is 10.7. The minimum Gasteiger partial charge on any atom is -0.497 e. The Morgan fingerprint density at radius 2 is 1.86 bits per heavy atom. The third-order valence-electron chi connectivity index (χ3n) is 3.68. The van der Waals surface area contributed by atoms with Crippen molar-refractivity contribution in [3.63, 3.8) is 0 Å². The van der Waals surface area contributed by atoms with Gasteiger partial charge in [0, 0.05) is 0 Å². The number of fused-ring (bicyclic) bond motifs is 3. The maximum Gasteiger partial charge on any atom is 0.231 e. The fourth-order valence-electron chi connectivity index (χ4n) is 2.53. The summed E-state index contributed by atoms with van der Waals surface area (Å²) in [4.78, 5) is 12.7. The van der Waals surface area contributed by atoms with Crippen molar-refractivity contribution in [3.8, 4) is 28.4 Å². The molecule has 1 aromatic heterocycles. The van der Waals surface area contributed by atoms with Gasteiger partial charge in [-0.3, -0.25) is 4.79 Å². The van der Waals surface area contributed by atoms with Crippen LogP contribution in [-0.4, -0.2) is 13.9 Å². The summed E-state index contributed by atoms with van der Waals surface area (Å²) in [6.07, 6.45) is 1.45. The Morgan fingerprint density at radius 1 is 1.05 bits per heavy atom. The first-order chi connectivity index (χ1) is 10.8. The highest BCUT2D eigenvalue weighted by atomic mass is 16.7. The Balaban J connectivity index is 1.91. The third-order valence-corrected chi connectivity index (χ3v) is 3.68. The summed E-state index contributed by atoms with van der Waals surface area (Å²) in [5.41, 5.74) is 1.57. The van der Waals surface area contributed by atoms with Crippen LogP contribution < -0.4 is 19.6 Å². The molecule has 22 heavy (non-hydrogen) atoms. The maximum atomic E-state index is 12.7. The van der Waals surface area contributed by atoms with Crippen molar-refractivity contribution in [2.24, 2.45) is 0 Å². The molecule has 0 fully saturated rings. The van der Waals surface area contributed by atoms with Gasteiger partial charge < -0.3 is 18.6 Å². The molecule has 0 aliphatic carbocycles. The van der Waals surface area contributed by atoms with E-state index in [0.29, 0.717) is 28.0 Å². The van der Waals surface area contributed by atoms with E-state index in [9.17, 15) is 4.79 Å². The predicted octanol–water partition coefficient (Wildman–Crippen LogP) is 3.20. The van der Waals surface area contributed by atoms with Crippen LogP contribution in [0.15, 0.2) is 51.9 Å². The highest BCUT2D eigenvalue weighted by molar-refractivity contribution is 5.88. The molecule has 5 nitrogen and oxygen atoms in total. The molecule has 0 radical (unpaired) electrons. The fraction of sp³-hybridized carbons (Fsp3) is 0.118. The molecule has 1 aliphatic heterocycles. The molecular formula is C17H12O5. The fourth-order valence-corrected chi connectivity index (χ4v) is 2.53. The number of hydrogen-bond acceptors (Lipinski definition) is 5. The number of ether oxygens (including phenoxy) is 3. The summed E-state index contributed by atoms with van der Waals surface area (Å²) >= 11 is 0. The Labute approximate surface area is 125 Å². The zero-order chi connectivity index (χ0) is 15.1. The van der Waals surface area contributed by atoms with E-state index in [4.69, 9.17) is 18.6 Å². The van der Waals surface area contributed by atoms with Crippen LogP contribution in [0.3, 0.4) is 0 Å². The lowest BCUT2D eigenvalue weighted by Crippen LogP contribution is -2.05. The SMILES string of the molecule is COc1ccc(-c2coc3c4c(ccc3c2=O)OCO4)cc1. The average Bonchev–Trinajstić information content (AvgIpc) is 3.04. The van der Waals surface area contributed by atoms with Gasteiger partial charge in [0.05, 0.1) is 18.1 Å². The van der Waals surface area contributed by atoms with Crippen LogP contribution in [0.4, 0.5) is 0 Å². The topological polar surface area (TPSA) is 57.9 Å². The lowest BCUT2D eigenvalue weighted by molar-refractivity contribution is 0.174. The van der Waals surface area contributed by atoms with E-state index in [2.05, 4.69) is 0 Å². The van der Waals surface area contributed by atoms with E-state index in [0.717, 1.165) is 11.3 Å². The first-order valence-electron chi connectivity index (χ1n) is 6.76. The number of benzene rings is 2. The van der Waals surface area contributed by atoms with Gasteiger partial charge in [0.2, 0.25) is 18.0 Å². The summed E-state index contributed by atoms with van der Waals surface area (Å²) in [5, 5.41) is 0.470. The van der Waals surface area contributed by atoms with Gasteiger partial charge in [-0.25, -0.2) is 0 Å². The molecule has 2 aromatic carbocycles. The van der Waals surface area contributed by atoms with E-state index < -0.39 is 0 Å². The van der Waals surface area contributed by atoms with Crippen LogP contribution in [0.2, 0.25) is 0 Å². The van der Waals surface area contributed by atoms with Crippen LogP contribution in [-0.2, 0) is 0 Å². The van der Waals surface area contributed by atoms with Crippen molar-refractivity contribution in [2.75, 3.05) is 13.9 Å². The Kier molecular flexibility index (Phi) is 2.79. The minimum absolute atomic E-state index is 0.107. The van der Waals surface area contributed by atoms with E-state index >= 15 is 0 Å². The van der Waals surface area contributed by atoms with Crippen LogP contribution in [0.25, 0.3) is 22.1 Å². The third kappa shape index (κ3) is 1.83. The van der Waals surface area contributed by atoms with Crippen molar-refractivity contribution in [1.29, 1.82) is 0 Å². The number of methoxy groups -OCH3 is 1. The molecule has 4 rings (SSSR count). The van der Waals surface area contributed by atoms with Crippen molar-refractivity contribution < 1.29 is 18.6 Å². The van der Waals surface area contributed by atoms with Crippen molar-refractivity contribution >= 4 is 11.0 Å². The molecule has 3 aromatic rings. The summed E-state index contributed by atoms with van der Waals surface area (Å²) in [6.45, 7) is 0.137. The van der Waals surface area contributed by atoms with E-state index in [1.54, 1.807) is 31.4 Å². The Morgan fingerprint density at radius 3 is 2.64 bits per heavy atom. The minimum atomic E-state index is -0.107. The monoisotopic (exact) mass is 296 g/mol. The molecule has 0 amide bonds. The molecule has 0 saturated carbocycles. The molecule has 0 atom stereocenters. The first kappa shape index (κ1) is 12.8. The Bertz CT molecular complexity index is 909. The molecule has 0 unspecified atom stereocenters. The summed E-state index contributed by atoms with van der Waals surface area (Å²) in [5.74, 6) is 1.81. The Hall–Kier alpha value is -2.95. The quantitative estimate of drug-likeness (QED) is 0.727. The largest absolute Gasteiger partial charge is 0.497 e. The number of hydrogen-bond donors (Lipinski definition) is 0. The van der Waals surface area contributed by atoms with Crippen molar-refractivity contribution in [2.45, 2.75) is 0 Å². The van der Waals surface area contributed by atoms with Gasteiger partial charge in [-0.1, -0.05) is 12.1 Å². The summed E-state index contributed by atoms with van der Waals surface area (Å²) < 4.78 is 21.4. The van der Waals surface area contributed by atoms with Gasteiger partial charge in [-0.2, -0.15) is 0 Å². The van der Waals surface area contributed by atoms with E-state index in [1.165, 1.54) is 6.26 Å². The molecule has 5 heteroatoms. The standard InChI is InChI=1S/C17H12O5/c1-19-11-4-2-10(3-5-11)13-8-20-16-12(15(13)18)6-7-14-17(16)22-9-21-14/h2-8H,9H2,1H3. The zero-order valence-electron chi connectivity index (χ0n) is 11.8. The molecule has 2 heterocycles. The van der Waals surface area contributed by atoms with Gasteiger partial charge in [0.15, 0.2) is 11.3 Å². The molecule has 0 saturated heterocycles. The normalized spacial score (nSPS) is 12.6. The van der Waals surface area contributed by atoms with Crippen LogP contribution in [0, 0.1) is 0 Å². The molecule has 110 valence electrons. The first-order valence-corrected chi connectivity index (χ1v) is 6.76. The van der Waals surface area contributed by atoms with E-state index in [1.807, 2.05) is 12.1 Å². The zero-order valence-corrected chi connectivity index (χ0v) is 11.8. The van der Waals surface area contributed by atoms with Gasteiger partial charge in [-0.05, 0) is 29.8 Å². The van der Waals surface area contributed by atoms with Gasteiger partial charge in [0.1, 0.15) is 12.0 Å². The van der Waals surface area contributed by atoms with E-state index in [-0.39, 0.29) is 12.2 Å². The van der Waals surface area contributed by atoms with Crippen molar-refractivity contribution in [1.82, 2.24) is 0 Å². The number of rotatable bonds is 2. The smallest absolute Gasteiger partial charge is 0.231 e. The lowest BCUT2D eigenvalue weighted by Gasteiger charge is -2.05. The van der Waals surface area contributed by atoms with Crippen LogP contribution in [0.5, 0.6) is 17.2 Å². The molecule has 0 spiro atoms. The lowest BCUT2D eigenvalue weighted by atomic mass is 10.1. The van der Waals surface area contributed by atoms with Gasteiger partial charge in [0.25, 0.3) is 0 Å². The van der Waals surface area contributed by atoms with Gasteiger partial charge in [-0.15, -0.1) is 0 Å². The molecular weight excluding hydrogens is 284 g/mol. The molecule has 1 aliphatic rings. The second-order valence-corrected chi connectivity index (χ2v) is 4.88. The highest BCUT2D eigenvalue weighted by Crippen LogP contribution is 2.38. The second-order valence-electron chi connectivity index (χ2n) is 4.88. The van der Waals surface area contributed by atoms with Gasteiger partial charge >= 0.3 is 0 Å².